The molecule has 1 saturated heterocycles. The lowest BCUT2D eigenvalue weighted by Gasteiger charge is -2.19. The van der Waals surface area contributed by atoms with Crippen molar-refractivity contribution in [3.8, 4) is 12.3 Å². The average Bonchev–Trinajstić information content (AvgIpc) is 2.52. The van der Waals surface area contributed by atoms with Crippen LogP contribution in [0.5, 0.6) is 0 Å². The van der Waals surface area contributed by atoms with Crippen molar-refractivity contribution in [1.29, 1.82) is 0 Å². The minimum atomic E-state index is 0.488. The summed E-state index contributed by atoms with van der Waals surface area (Å²) in [6, 6.07) is 0.702. The predicted octanol–water partition coefficient (Wildman–Crippen LogP) is 1.72. The second-order valence-electron chi connectivity index (χ2n) is 5.49. The highest BCUT2D eigenvalue weighted by Crippen LogP contribution is 2.28. The van der Waals surface area contributed by atoms with E-state index in [1.54, 1.807) is 0 Å². The van der Waals surface area contributed by atoms with Crippen molar-refractivity contribution >= 4 is 0 Å². The van der Waals surface area contributed by atoms with Crippen LogP contribution in [0.2, 0.25) is 0 Å². The van der Waals surface area contributed by atoms with Gasteiger partial charge in [0.1, 0.15) is 0 Å². The molecule has 0 radical (unpaired) electrons. The van der Waals surface area contributed by atoms with Gasteiger partial charge in [-0.25, -0.2) is 0 Å². The minimum absolute atomic E-state index is 0.488. The summed E-state index contributed by atoms with van der Waals surface area (Å²) in [5.74, 6) is 2.68. The molecule has 0 aromatic carbocycles. The highest BCUT2D eigenvalue weighted by atomic mass is 15.1. The van der Waals surface area contributed by atoms with E-state index in [2.05, 4.69) is 37.0 Å². The molecule has 2 nitrogen and oxygen atoms in total. The third-order valence-corrected chi connectivity index (χ3v) is 3.17. The Bertz CT molecular complexity index is 227. The fourth-order valence-electron chi connectivity index (χ4n) is 2.18. The second kappa shape index (κ2) is 5.53. The number of nitrogens with one attached hydrogen (secondary N) is 1. The second-order valence-corrected chi connectivity index (χ2v) is 5.49. The molecule has 0 aromatic heterocycles. The van der Waals surface area contributed by atoms with Crippen molar-refractivity contribution in [2.45, 2.75) is 39.2 Å². The van der Waals surface area contributed by atoms with Crippen LogP contribution in [0.3, 0.4) is 0 Å². The Morgan fingerprint density at radius 1 is 1.47 bits per heavy atom. The smallest absolute Gasteiger partial charge is 0.0214 e. The summed E-state index contributed by atoms with van der Waals surface area (Å²) in [5, 5.41) is 3.59. The van der Waals surface area contributed by atoms with Crippen molar-refractivity contribution in [3.05, 3.63) is 0 Å². The number of terminal acetylenes is 1. The zero-order valence-electron chi connectivity index (χ0n) is 10.3. The van der Waals surface area contributed by atoms with Gasteiger partial charge < -0.3 is 10.2 Å². The standard InChI is InChI=1S/C13H24N2/c1-5-6-8-15(4)9-7-12-10-13(2,3)11-14-12/h1,12,14H,6-11H2,2-4H3. The molecule has 0 saturated carbocycles. The largest absolute Gasteiger partial charge is 0.313 e. The lowest BCUT2D eigenvalue weighted by Crippen LogP contribution is -2.28. The van der Waals surface area contributed by atoms with E-state index in [1.165, 1.54) is 12.8 Å². The highest BCUT2D eigenvalue weighted by molar-refractivity contribution is 4.88. The molecule has 0 aromatic rings. The summed E-state index contributed by atoms with van der Waals surface area (Å²) < 4.78 is 0. The molecule has 15 heavy (non-hydrogen) atoms. The van der Waals surface area contributed by atoms with Crippen LogP contribution in [0.4, 0.5) is 0 Å². The number of hydrogen-bond acceptors (Lipinski definition) is 2. The first kappa shape index (κ1) is 12.5. The zero-order valence-corrected chi connectivity index (χ0v) is 10.3. The van der Waals surface area contributed by atoms with E-state index in [9.17, 15) is 0 Å². The normalized spacial score (nSPS) is 24.3. The third kappa shape index (κ3) is 4.68. The van der Waals surface area contributed by atoms with E-state index in [4.69, 9.17) is 6.42 Å². The van der Waals surface area contributed by atoms with Gasteiger partial charge in [-0.2, -0.15) is 0 Å². The average molecular weight is 208 g/mol. The van der Waals surface area contributed by atoms with Gasteiger partial charge in [-0.05, 0) is 31.8 Å². The van der Waals surface area contributed by atoms with Crippen molar-refractivity contribution < 1.29 is 0 Å². The molecule has 1 aliphatic rings. The molecule has 0 aliphatic carbocycles. The maximum Gasteiger partial charge on any atom is 0.0214 e. The van der Waals surface area contributed by atoms with Gasteiger partial charge in [-0.3, -0.25) is 0 Å². The first-order valence-corrected chi connectivity index (χ1v) is 5.89. The van der Waals surface area contributed by atoms with Crippen molar-refractivity contribution in [3.63, 3.8) is 0 Å². The molecule has 0 bridgehead atoms. The quantitative estimate of drug-likeness (QED) is 0.692. The first-order valence-electron chi connectivity index (χ1n) is 5.89. The fourth-order valence-corrected chi connectivity index (χ4v) is 2.18. The van der Waals surface area contributed by atoms with E-state index in [0.717, 1.165) is 26.1 Å². The van der Waals surface area contributed by atoms with E-state index < -0.39 is 0 Å². The van der Waals surface area contributed by atoms with Crippen LogP contribution in [0.15, 0.2) is 0 Å². The highest BCUT2D eigenvalue weighted by Gasteiger charge is 2.29. The molecule has 1 rings (SSSR count). The molecule has 1 fully saturated rings. The van der Waals surface area contributed by atoms with Crippen LogP contribution in [0.1, 0.15) is 33.1 Å². The maximum atomic E-state index is 5.24. The lowest BCUT2D eigenvalue weighted by atomic mass is 9.90. The molecule has 0 amide bonds. The fraction of sp³-hybridized carbons (Fsp3) is 0.846. The maximum absolute atomic E-state index is 5.24. The van der Waals surface area contributed by atoms with Gasteiger partial charge in [0.05, 0.1) is 0 Å². The summed E-state index contributed by atoms with van der Waals surface area (Å²) in [5.41, 5.74) is 0.488. The molecule has 86 valence electrons. The van der Waals surface area contributed by atoms with Gasteiger partial charge >= 0.3 is 0 Å². The van der Waals surface area contributed by atoms with E-state index in [1.807, 2.05) is 0 Å². The SMILES string of the molecule is C#CCCN(C)CCC1CC(C)(C)CN1. The van der Waals surface area contributed by atoms with Crippen molar-refractivity contribution in [2.24, 2.45) is 5.41 Å². The Morgan fingerprint density at radius 3 is 2.73 bits per heavy atom. The van der Waals surface area contributed by atoms with Crippen LogP contribution in [0, 0.1) is 17.8 Å². The van der Waals surface area contributed by atoms with Gasteiger partial charge in [0, 0.05) is 25.6 Å². The summed E-state index contributed by atoms with van der Waals surface area (Å²) in [6.45, 7) is 8.00. The molecule has 1 aliphatic heterocycles. The Balaban J connectivity index is 2.13. The van der Waals surface area contributed by atoms with Gasteiger partial charge in [-0.1, -0.05) is 13.8 Å². The van der Waals surface area contributed by atoms with Crippen LogP contribution in [0.25, 0.3) is 0 Å². The zero-order chi connectivity index (χ0) is 11.3. The van der Waals surface area contributed by atoms with Crippen molar-refractivity contribution in [2.75, 3.05) is 26.7 Å². The Labute approximate surface area is 94.4 Å². The topological polar surface area (TPSA) is 15.3 Å². The number of rotatable bonds is 5. The molecular formula is C13H24N2. The summed E-state index contributed by atoms with van der Waals surface area (Å²) >= 11 is 0. The van der Waals surface area contributed by atoms with Crippen LogP contribution in [-0.2, 0) is 0 Å². The van der Waals surface area contributed by atoms with Gasteiger partial charge in [0.2, 0.25) is 0 Å². The molecule has 1 N–H and O–H groups in total. The molecule has 2 heteroatoms. The lowest BCUT2D eigenvalue weighted by molar-refractivity contribution is 0.313. The first-order chi connectivity index (χ1) is 7.03. The van der Waals surface area contributed by atoms with Gasteiger partial charge in [0.15, 0.2) is 0 Å². The molecular weight excluding hydrogens is 184 g/mol. The van der Waals surface area contributed by atoms with Gasteiger partial charge in [-0.15, -0.1) is 12.3 Å². The third-order valence-electron chi connectivity index (χ3n) is 3.17. The number of nitrogens with zero attached hydrogens (tertiary/aromatic N) is 1. The summed E-state index contributed by atoms with van der Waals surface area (Å²) in [4.78, 5) is 2.33. The Kier molecular flexibility index (Phi) is 4.63. The Morgan fingerprint density at radius 2 is 2.20 bits per heavy atom. The predicted molar refractivity (Wildman–Crippen MR) is 65.8 cm³/mol. The molecule has 1 heterocycles. The van der Waals surface area contributed by atoms with Crippen LogP contribution >= 0.6 is 0 Å². The van der Waals surface area contributed by atoms with E-state index >= 15 is 0 Å². The van der Waals surface area contributed by atoms with E-state index in [-0.39, 0.29) is 0 Å². The summed E-state index contributed by atoms with van der Waals surface area (Å²) in [6.07, 6.45) is 8.64. The molecule has 0 spiro atoms. The van der Waals surface area contributed by atoms with Crippen LogP contribution in [-0.4, -0.2) is 37.6 Å². The van der Waals surface area contributed by atoms with Gasteiger partial charge in [0.25, 0.3) is 0 Å². The van der Waals surface area contributed by atoms with E-state index in [0.29, 0.717) is 11.5 Å². The van der Waals surface area contributed by atoms with Crippen molar-refractivity contribution in [1.82, 2.24) is 10.2 Å². The summed E-state index contributed by atoms with van der Waals surface area (Å²) in [7, 11) is 2.15. The monoisotopic (exact) mass is 208 g/mol. The Hall–Kier alpha value is -0.520. The molecule has 1 unspecified atom stereocenters. The minimum Gasteiger partial charge on any atom is -0.313 e. The molecule has 1 atom stereocenters. The van der Waals surface area contributed by atoms with Crippen LogP contribution < -0.4 is 5.32 Å². The number of hydrogen-bond donors (Lipinski definition) is 1.